The highest BCUT2D eigenvalue weighted by Gasteiger charge is 2.28. The van der Waals surface area contributed by atoms with Crippen molar-refractivity contribution >= 4 is 17.7 Å². The van der Waals surface area contributed by atoms with Crippen molar-refractivity contribution in [3.63, 3.8) is 0 Å². The topological polar surface area (TPSA) is 83.9 Å². The molecule has 0 radical (unpaired) electrons. The fraction of sp³-hybridized carbons (Fsp3) is 0.421. The fourth-order valence-corrected chi connectivity index (χ4v) is 3.29. The Labute approximate surface area is 153 Å². The molecule has 3 rings (SSSR count). The molecule has 1 atom stereocenters. The van der Waals surface area contributed by atoms with Crippen molar-refractivity contribution in [1.82, 2.24) is 24.8 Å². The average Bonchev–Trinajstić information content (AvgIpc) is 2.60. The Balaban J connectivity index is 1.84. The van der Waals surface area contributed by atoms with Crippen molar-refractivity contribution in [3.05, 3.63) is 47.7 Å². The summed E-state index contributed by atoms with van der Waals surface area (Å²) in [5.41, 5.74) is 3.18. The van der Waals surface area contributed by atoms with E-state index in [0.29, 0.717) is 23.9 Å². The zero-order valence-electron chi connectivity index (χ0n) is 15.5. The molecule has 7 nitrogen and oxygen atoms in total. The van der Waals surface area contributed by atoms with Crippen molar-refractivity contribution in [2.75, 3.05) is 18.4 Å². The third-order valence-corrected chi connectivity index (χ3v) is 4.40. The molecule has 0 aliphatic carbocycles. The Kier molecular flexibility index (Phi) is 5.25. The molecule has 1 N–H and O–H groups in total. The van der Waals surface area contributed by atoms with E-state index in [0.717, 1.165) is 36.5 Å². The number of carbonyl (C=O) groups excluding carboxylic acids is 1. The second-order valence-corrected chi connectivity index (χ2v) is 6.76. The minimum Gasteiger partial charge on any atom is -0.338 e. The van der Waals surface area contributed by atoms with Gasteiger partial charge in [0.1, 0.15) is 0 Å². The highest BCUT2D eigenvalue weighted by atomic mass is 16.2. The summed E-state index contributed by atoms with van der Waals surface area (Å²) in [5, 5.41) is 3.20. The van der Waals surface area contributed by atoms with Gasteiger partial charge in [0.2, 0.25) is 11.9 Å². The largest absolute Gasteiger partial charge is 0.338 e. The van der Waals surface area contributed by atoms with Gasteiger partial charge in [-0.25, -0.2) is 15.0 Å². The average molecular weight is 352 g/mol. The van der Waals surface area contributed by atoms with E-state index in [1.165, 1.54) is 0 Å². The number of anilines is 2. The minimum atomic E-state index is 0.00532. The number of rotatable bonds is 4. The molecule has 0 bridgehead atoms. The van der Waals surface area contributed by atoms with Crippen LogP contribution in [0.1, 0.15) is 42.8 Å². The van der Waals surface area contributed by atoms with Gasteiger partial charge in [-0.1, -0.05) is 6.58 Å². The van der Waals surface area contributed by atoms with Gasteiger partial charge in [0.15, 0.2) is 5.82 Å². The number of hydrogen-bond donors (Lipinski definition) is 1. The Morgan fingerprint density at radius 3 is 2.62 bits per heavy atom. The van der Waals surface area contributed by atoms with Crippen LogP contribution in [-0.2, 0) is 4.79 Å². The number of nitrogens with one attached hydrogen (secondary N) is 1. The molecule has 1 saturated heterocycles. The number of aromatic nitrogens is 4. The van der Waals surface area contributed by atoms with E-state index >= 15 is 0 Å². The zero-order valence-corrected chi connectivity index (χ0v) is 15.5. The summed E-state index contributed by atoms with van der Waals surface area (Å²) in [6.45, 7) is 10.8. The van der Waals surface area contributed by atoms with Crippen molar-refractivity contribution in [1.29, 1.82) is 0 Å². The van der Waals surface area contributed by atoms with Crippen LogP contribution in [0, 0.1) is 13.8 Å². The summed E-state index contributed by atoms with van der Waals surface area (Å²) >= 11 is 0. The molecule has 1 fully saturated rings. The maximum absolute atomic E-state index is 12.3. The predicted octanol–water partition coefficient (Wildman–Crippen LogP) is 2.91. The molecule has 3 heterocycles. The van der Waals surface area contributed by atoms with Crippen LogP contribution in [0.3, 0.4) is 0 Å². The predicted molar refractivity (Wildman–Crippen MR) is 100 cm³/mol. The second kappa shape index (κ2) is 7.59. The molecular formula is C19H24N6O. The van der Waals surface area contributed by atoms with Crippen LogP contribution in [0.25, 0.3) is 0 Å². The molecule has 0 saturated carbocycles. The van der Waals surface area contributed by atoms with E-state index in [4.69, 9.17) is 0 Å². The van der Waals surface area contributed by atoms with Crippen LogP contribution >= 0.6 is 0 Å². The van der Waals surface area contributed by atoms with Gasteiger partial charge in [-0.05, 0) is 39.7 Å². The lowest BCUT2D eigenvalue weighted by atomic mass is 9.94. The normalized spacial score (nSPS) is 17.0. The van der Waals surface area contributed by atoms with Gasteiger partial charge in [-0.15, -0.1) is 0 Å². The highest BCUT2D eigenvalue weighted by Crippen LogP contribution is 2.30. The smallest absolute Gasteiger partial charge is 0.248 e. The number of carbonyl (C=O) groups is 1. The van der Waals surface area contributed by atoms with Crippen molar-refractivity contribution in [3.8, 4) is 0 Å². The summed E-state index contributed by atoms with van der Waals surface area (Å²) in [5.74, 6) is 1.28. The molecule has 0 spiro atoms. The fourth-order valence-electron chi connectivity index (χ4n) is 3.29. The summed E-state index contributed by atoms with van der Waals surface area (Å²) in [7, 11) is 0. The summed E-state index contributed by atoms with van der Waals surface area (Å²) in [4.78, 5) is 31.9. The van der Waals surface area contributed by atoms with Gasteiger partial charge in [0.05, 0.1) is 5.69 Å². The van der Waals surface area contributed by atoms with Gasteiger partial charge in [0, 0.05) is 48.4 Å². The Hall–Kier alpha value is -2.83. The molecule has 7 heteroatoms. The van der Waals surface area contributed by atoms with Crippen LogP contribution in [0.4, 0.5) is 11.8 Å². The van der Waals surface area contributed by atoms with Crippen LogP contribution in [0.5, 0.6) is 0 Å². The summed E-state index contributed by atoms with van der Waals surface area (Å²) < 4.78 is 0. The monoisotopic (exact) mass is 352 g/mol. The first-order chi connectivity index (χ1) is 12.4. The first-order valence-electron chi connectivity index (χ1n) is 8.79. The van der Waals surface area contributed by atoms with E-state index in [2.05, 4.69) is 31.8 Å². The standard InChI is InChI=1S/C19H24N6O/c1-12(2)18(26)25-9-5-6-15(11-25)16-17(21-8-7-20-16)24-19-22-13(3)10-14(4)23-19/h7-8,10,15H,1,5-6,9,11H2,2-4H3,(H,21,22,23,24). The molecule has 1 unspecified atom stereocenters. The molecule has 1 aliphatic heterocycles. The van der Waals surface area contributed by atoms with Gasteiger partial charge in [0.25, 0.3) is 0 Å². The number of piperidine rings is 1. The molecular weight excluding hydrogens is 328 g/mol. The van der Waals surface area contributed by atoms with E-state index in [1.807, 2.05) is 24.8 Å². The van der Waals surface area contributed by atoms with Gasteiger partial charge >= 0.3 is 0 Å². The second-order valence-electron chi connectivity index (χ2n) is 6.76. The summed E-state index contributed by atoms with van der Waals surface area (Å²) in [6.07, 6.45) is 5.22. The Morgan fingerprint density at radius 2 is 1.92 bits per heavy atom. The molecule has 26 heavy (non-hydrogen) atoms. The van der Waals surface area contributed by atoms with E-state index in [9.17, 15) is 4.79 Å². The number of nitrogens with zero attached hydrogens (tertiary/aromatic N) is 5. The van der Waals surface area contributed by atoms with E-state index in [-0.39, 0.29) is 11.8 Å². The lowest BCUT2D eigenvalue weighted by molar-refractivity contribution is -0.128. The first-order valence-corrected chi connectivity index (χ1v) is 8.79. The molecule has 2 aromatic rings. The maximum atomic E-state index is 12.3. The minimum absolute atomic E-state index is 0.00532. The van der Waals surface area contributed by atoms with Crippen LogP contribution < -0.4 is 5.32 Å². The van der Waals surface area contributed by atoms with Crippen molar-refractivity contribution in [2.45, 2.75) is 39.5 Å². The molecule has 2 aromatic heterocycles. The third-order valence-electron chi connectivity index (χ3n) is 4.40. The highest BCUT2D eigenvalue weighted by molar-refractivity contribution is 5.92. The van der Waals surface area contributed by atoms with Crippen molar-refractivity contribution in [2.24, 2.45) is 0 Å². The Morgan fingerprint density at radius 1 is 1.23 bits per heavy atom. The number of amides is 1. The zero-order chi connectivity index (χ0) is 18.7. The SMILES string of the molecule is C=C(C)C(=O)N1CCCC(c2nccnc2Nc2nc(C)cc(C)n2)C1. The first kappa shape index (κ1) is 18.0. The third kappa shape index (κ3) is 4.04. The van der Waals surface area contributed by atoms with Gasteiger partial charge in [-0.2, -0.15) is 0 Å². The lowest BCUT2D eigenvalue weighted by Gasteiger charge is -2.33. The number of likely N-dealkylation sites (tertiary alicyclic amines) is 1. The number of hydrogen-bond acceptors (Lipinski definition) is 6. The van der Waals surface area contributed by atoms with Crippen LogP contribution in [0.2, 0.25) is 0 Å². The maximum Gasteiger partial charge on any atom is 0.248 e. The summed E-state index contributed by atoms with van der Waals surface area (Å²) in [6, 6.07) is 1.92. The van der Waals surface area contributed by atoms with Crippen LogP contribution in [0.15, 0.2) is 30.6 Å². The lowest BCUT2D eigenvalue weighted by Crippen LogP contribution is -2.39. The molecule has 136 valence electrons. The molecule has 0 aromatic carbocycles. The van der Waals surface area contributed by atoms with E-state index < -0.39 is 0 Å². The quantitative estimate of drug-likeness (QED) is 0.852. The number of aryl methyl sites for hydroxylation is 2. The van der Waals surface area contributed by atoms with Gasteiger partial charge < -0.3 is 10.2 Å². The van der Waals surface area contributed by atoms with Crippen LogP contribution in [-0.4, -0.2) is 43.8 Å². The van der Waals surface area contributed by atoms with Crippen molar-refractivity contribution < 1.29 is 4.79 Å². The molecule has 1 amide bonds. The van der Waals surface area contributed by atoms with E-state index in [1.54, 1.807) is 19.3 Å². The van der Waals surface area contributed by atoms with Gasteiger partial charge in [-0.3, -0.25) is 9.78 Å². The molecule has 1 aliphatic rings. The Bertz CT molecular complexity index is 814.